The van der Waals surface area contributed by atoms with Gasteiger partial charge in [0.05, 0.1) is 7.11 Å². The lowest BCUT2D eigenvalue weighted by molar-refractivity contribution is 0.236. The van der Waals surface area contributed by atoms with Crippen LogP contribution in [0.5, 0.6) is 11.5 Å². The van der Waals surface area contributed by atoms with Crippen molar-refractivity contribution < 1.29 is 9.47 Å². The van der Waals surface area contributed by atoms with Crippen molar-refractivity contribution in [3.63, 3.8) is 0 Å². The third-order valence-corrected chi connectivity index (χ3v) is 3.65. The van der Waals surface area contributed by atoms with Crippen LogP contribution >= 0.6 is 0 Å². The van der Waals surface area contributed by atoms with Crippen molar-refractivity contribution in [1.29, 1.82) is 0 Å². The molecule has 0 N–H and O–H groups in total. The summed E-state index contributed by atoms with van der Waals surface area (Å²) in [5.74, 6) is 1.74. The van der Waals surface area contributed by atoms with Crippen LogP contribution in [0.1, 0.15) is 12.0 Å². The smallest absolute Gasteiger partial charge is 0.119 e. The van der Waals surface area contributed by atoms with E-state index in [-0.39, 0.29) is 0 Å². The average molecular weight is 299 g/mol. The highest BCUT2D eigenvalue weighted by Crippen LogP contribution is 2.16. The van der Waals surface area contributed by atoms with Gasteiger partial charge in [0.1, 0.15) is 18.1 Å². The summed E-state index contributed by atoms with van der Waals surface area (Å²) in [5.41, 5.74) is 1.41. The largest absolute Gasteiger partial charge is 0.497 e. The molecule has 0 bridgehead atoms. The maximum absolute atomic E-state index is 5.74. The minimum atomic E-state index is 0.703. The fourth-order valence-electron chi connectivity index (χ4n) is 2.30. The summed E-state index contributed by atoms with van der Waals surface area (Å²) >= 11 is 0. The quantitative estimate of drug-likeness (QED) is 0.705. The Balaban J connectivity index is 1.60. The van der Waals surface area contributed by atoms with Crippen molar-refractivity contribution in [1.82, 2.24) is 4.90 Å². The molecule has 2 aromatic carbocycles. The Hall–Kier alpha value is -2.00. The molecule has 0 saturated heterocycles. The van der Waals surface area contributed by atoms with E-state index in [1.54, 1.807) is 7.11 Å². The second-order valence-electron chi connectivity index (χ2n) is 5.42. The van der Waals surface area contributed by atoms with Crippen LogP contribution in [0.25, 0.3) is 0 Å². The average Bonchev–Trinajstić information content (AvgIpc) is 2.56. The Bertz CT molecular complexity index is 525. The summed E-state index contributed by atoms with van der Waals surface area (Å²) in [6.45, 7) is 2.72. The molecule has 0 fully saturated rings. The van der Waals surface area contributed by atoms with Gasteiger partial charge in [-0.2, -0.15) is 0 Å². The molecule has 0 unspecified atom stereocenters. The summed E-state index contributed by atoms with van der Waals surface area (Å²) in [5, 5.41) is 0. The van der Waals surface area contributed by atoms with Gasteiger partial charge >= 0.3 is 0 Å². The van der Waals surface area contributed by atoms with Crippen LogP contribution in [0.4, 0.5) is 0 Å². The summed E-state index contributed by atoms with van der Waals surface area (Å²) in [4.78, 5) is 2.31. The molecule has 0 atom stereocenters. The van der Waals surface area contributed by atoms with Gasteiger partial charge in [-0.1, -0.05) is 30.3 Å². The van der Waals surface area contributed by atoms with Crippen LogP contribution in [-0.2, 0) is 6.42 Å². The Morgan fingerprint density at radius 3 is 2.23 bits per heavy atom. The van der Waals surface area contributed by atoms with Crippen LogP contribution in [0.3, 0.4) is 0 Å². The second kappa shape index (κ2) is 9.11. The van der Waals surface area contributed by atoms with Gasteiger partial charge in [-0.25, -0.2) is 0 Å². The van der Waals surface area contributed by atoms with Crippen molar-refractivity contribution in [2.24, 2.45) is 0 Å². The highest BCUT2D eigenvalue weighted by Gasteiger charge is 2.00. The highest BCUT2D eigenvalue weighted by molar-refractivity contribution is 5.31. The molecule has 0 radical (unpaired) electrons. The molecule has 0 aliphatic carbocycles. The molecule has 0 aromatic heterocycles. The molecule has 3 nitrogen and oxygen atoms in total. The number of benzene rings is 2. The van der Waals surface area contributed by atoms with E-state index in [0.717, 1.165) is 31.0 Å². The first-order valence-corrected chi connectivity index (χ1v) is 7.77. The summed E-state index contributed by atoms with van der Waals surface area (Å²) in [6, 6.07) is 18.3. The van der Waals surface area contributed by atoms with Gasteiger partial charge in [0, 0.05) is 6.54 Å². The number of hydrogen-bond donors (Lipinski definition) is 0. The van der Waals surface area contributed by atoms with Gasteiger partial charge in [0.15, 0.2) is 0 Å². The van der Waals surface area contributed by atoms with Gasteiger partial charge in [-0.3, -0.25) is 0 Å². The van der Waals surface area contributed by atoms with E-state index in [2.05, 4.69) is 42.3 Å². The molecular formula is C19H25NO2. The predicted octanol–water partition coefficient (Wildman–Crippen LogP) is 3.64. The number of ether oxygens (including phenoxy) is 2. The minimum Gasteiger partial charge on any atom is -0.497 e. The monoisotopic (exact) mass is 299 g/mol. The fourth-order valence-corrected chi connectivity index (χ4v) is 2.30. The zero-order valence-corrected chi connectivity index (χ0v) is 13.5. The molecule has 118 valence electrons. The summed E-state index contributed by atoms with van der Waals surface area (Å²) < 4.78 is 10.9. The van der Waals surface area contributed by atoms with E-state index >= 15 is 0 Å². The number of rotatable bonds is 9. The topological polar surface area (TPSA) is 21.7 Å². The van der Waals surface area contributed by atoms with Crippen LogP contribution in [0, 0.1) is 0 Å². The molecule has 2 aromatic rings. The lowest BCUT2D eigenvalue weighted by Gasteiger charge is -2.17. The lowest BCUT2D eigenvalue weighted by atomic mass is 10.1. The highest BCUT2D eigenvalue weighted by atomic mass is 16.5. The number of likely N-dealkylation sites (N-methyl/N-ethyl adjacent to an activating group) is 1. The molecule has 2 rings (SSSR count). The third-order valence-electron chi connectivity index (χ3n) is 3.65. The fraction of sp³-hybridized carbons (Fsp3) is 0.368. The molecular weight excluding hydrogens is 274 g/mol. The maximum Gasteiger partial charge on any atom is 0.119 e. The number of methoxy groups -OCH3 is 1. The molecule has 0 heterocycles. The predicted molar refractivity (Wildman–Crippen MR) is 90.7 cm³/mol. The lowest BCUT2D eigenvalue weighted by Crippen LogP contribution is -2.25. The molecule has 0 aliphatic rings. The zero-order chi connectivity index (χ0) is 15.6. The number of hydrogen-bond acceptors (Lipinski definition) is 3. The molecule has 0 aliphatic heterocycles. The normalized spacial score (nSPS) is 10.7. The van der Waals surface area contributed by atoms with E-state index in [9.17, 15) is 0 Å². The van der Waals surface area contributed by atoms with Crippen molar-refractivity contribution in [2.75, 3.05) is 33.9 Å². The third kappa shape index (κ3) is 5.78. The van der Waals surface area contributed by atoms with Crippen LogP contribution in [-0.4, -0.2) is 38.8 Å². The maximum atomic E-state index is 5.74. The molecule has 22 heavy (non-hydrogen) atoms. The van der Waals surface area contributed by atoms with Crippen molar-refractivity contribution in [2.45, 2.75) is 12.8 Å². The first-order valence-electron chi connectivity index (χ1n) is 7.77. The second-order valence-corrected chi connectivity index (χ2v) is 5.42. The van der Waals surface area contributed by atoms with Gasteiger partial charge < -0.3 is 14.4 Å². The van der Waals surface area contributed by atoms with Crippen molar-refractivity contribution >= 4 is 0 Å². The standard InChI is InChI=1S/C19H25NO2/c1-20(14-6-9-17-7-4-3-5-8-17)15-16-22-19-12-10-18(21-2)11-13-19/h3-5,7-8,10-13H,6,9,14-16H2,1-2H3. The van der Waals surface area contributed by atoms with Crippen LogP contribution in [0.2, 0.25) is 0 Å². The Morgan fingerprint density at radius 2 is 1.55 bits per heavy atom. The number of aryl methyl sites for hydroxylation is 1. The van der Waals surface area contributed by atoms with E-state index in [4.69, 9.17) is 9.47 Å². The zero-order valence-electron chi connectivity index (χ0n) is 13.5. The van der Waals surface area contributed by atoms with Gasteiger partial charge in [0.2, 0.25) is 0 Å². The van der Waals surface area contributed by atoms with Gasteiger partial charge in [0.25, 0.3) is 0 Å². The Labute approximate surface area is 133 Å². The molecule has 0 spiro atoms. The van der Waals surface area contributed by atoms with E-state index in [0.29, 0.717) is 6.61 Å². The first-order chi connectivity index (χ1) is 10.8. The first kappa shape index (κ1) is 16.4. The molecule has 0 saturated carbocycles. The van der Waals surface area contributed by atoms with Gasteiger partial charge in [-0.05, 0) is 56.3 Å². The van der Waals surface area contributed by atoms with Gasteiger partial charge in [-0.15, -0.1) is 0 Å². The Morgan fingerprint density at radius 1 is 0.864 bits per heavy atom. The van der Waals surface area contributed by atoms with Crippen LogP contribution in [0.15, 0.2) is 54.6 Å². The van der Waals surface area contributed by atoms with Crippen molar-refractivity contribution in [3.8, 4) is 11.5 Å². The van der Waals surface area contributed by atoms with Crippen molar-refractivity contribution in [3.05, 3.63) is 60.2 Å². The van der Waals surface area contributed by atoms with E-state index in [1.807, 2.05) is 24.3 Å². The van der Waals surface area contributed by atoms with E-state index < -0.39 is 0 Å². The minimum absolute atomic E-state index is 0.703. The molecule has 3 heteroatoms. The van der Waals surface area contributed by atoms with Crippen LogP contribution < -0.4 is 9.47 Å². The SMILES string of the molecule is COc1ccc(OCCN(C)CCCc2ccccc2)cc1. The summed E-state index contributed by atoms with van der Waals surface area (Å²) in [6.07, 6.45) is 2.30. The van der Waals surface area contributed by atoms with E-state index in [1.165, 1.54) is 12.0 Å². The summed E-state index contributed by atoms with van der Waals surface area (Å²) in [7, 11) is 3.81. The molecule has 0 amide bonds. The Kier molecular flexibility index (Phi) is 6.78. The number of nitrogens with zero attached hydrogens (tertiary/aromatic N) is 1.